The first-order valence-corrected chi connectivity index (χ1v) is 8.30. The number of para-hydroxylation sites is 2. The molecular weight excluding hydrogens is 342 g/mol. The van der Waals surface area contributed by atoms with Crippen LogP contribution in [0.2, 0.25) is 0 Å². The van der Waals surface area contributed by atoms with Crippen LogP contribution in [0.25, 0.3) is 11.0 Å². The SMILES string of the molecule is Cc1nc2ccc(C(=O)Nc3ccccc3NC(=O)CC#N)cc2nc1C. The third kappa shape index (κ3) is 4.07. The third-order valence-electron chi connectivity index (χ3n) is 4.03. The second kappa shape index (κ2) is 7.62. The van der Waals surface area contributed by atoms with Crippen LogP contribution in [0, 0.1) is 25.2 Å². The van der Waals surface area contributed by atoms with Gasteiger partial charge in [0.1, 0.15) is 6.42 Å². The van der Waals surface area contributed by atoms with E-state index in [0.29, 0.717) is 22.5 Å². The molecule has 0 fully saturated rings. The normalized spacial score (nSPS) is 10.3. The molecule has 0 aliphatic carbocycles. The molecule has 0 saturated carbocycles. The zero-order valence-electron chi connectivity index (χ0n) is 14.9. The summed E-state index contributed by atoms with van der Waals surface area (Å²) < 4.78 is 0. The number of carbonyl (C=O) groups excluding carboxylic acids is 2. The maximum atomic E-state index is 12.6. The van der Waals surface area contributed by atoms with Gasteiger partial charge in [0.2, 0.25) is 5.91 Å². The molecule has 0 radical (unpaired) electrons. The Hall–Kier alpha value is -3.79. The predicted molar refractivity (Wildman–Crippen MR) is 102 cm³/mol. The highest BCUT2D eigenvalue weighted by molar-refractivity contribution is 6.08. The smallest absolute Gasteiger partial charge is 0.255 e. The quantitative estimate of drug-likeness (QED) is 0.743. The molecule has 3 rings (SSSR count). The zero-order chi connectivity index (χ0) is 19.4. The number of amides is 2. The van der Waals surface area contributed by atoms with Crippen LogP contribution in [0.4, 0.5) is 11.4 Å². The summed E-state index contributed by atoms with van der Waals surface area (Å²) in [6.07, 6.45) is -0.260. The molecule has 2 N–H and O–H groups in total. The summed E-state index contributed by atoms with van der Waals surface area (Å²) in [5.41, 5.74) is 4.32. The molecule has 0 atom stereocenters. The number of rotatable bonds is 4. The highest BCUT2D eigenvalue weighted by Gasteiger charge is 2.12. The topological polar surface area (TPSA) is 108 Å². The van der Waals surface area contributed by atoms with Crippen LogP contribution in [0.3, 0.4) is 0 Å². The summed E-state index contributed by atoms with van der Waals surface area (Å²) in [6.45, 7) is 3.76. The zero-order valence-corrected chi connectivity index (χ0v) is 14.9. The summed E-state index contributed by atoms with van der Waals surface area (Å²) in [7, 11) is 0. The van der Waals surface area contributed by atoms with Crippen molar-refractivity contribution in [2.75, 3.05) is 10.6 Å². The molecule has 3 aromatic rings. The van der Waals surface area contributed by atoms with Crippen LogP contribution in [0.1, 0.15) is 28.2 Å². The number of aryl methyl sites for hydroxylation is 2. The Morgan fingerprint density at radius 3 is 2.26 bits per heavy atom. The van der Waals surface area contributed by atoms with Gasteiger partial charge in [-0.2, -0.15) is 5.26 Å². The molecule has 27 heavy (non-hydrogen) atoms. The number of nitrogens with one attached hydrogen (secondary N) is 2. The number of carbonyl (C=O) groups is 2. The van der Waals surface area contributed by atoms with Gasteiger partial charge in [-0.05, 0) is 44.2 Å². The summed E-state index contributed by atoms with van der Waals surface area (Å²) >= 11 is 0. The number of aromatic nitrogens is 2. The van der Waals surface area contributed by atoms with E-state index < -0.39 is 5.91 Å². The summed E-state index contributed by atoms with van der Waals surface area (Å²) in [5, 5.41) is 14.0. The molecule has 1 heterocycles. The van der Waals surface area contributed by atoms with Crippen molar-refractivity contribution >= 4 is 34.2 Å². The van der Waals surface area contributed by atoms with E-state index in [9.17, 15) is 9.59 Å². The first-order chi connectivity index (χ1) is 13.0. The Labute approximate surface area is 156 Å². The third-order valence-corrected chi connectivity index (χ3v) is 4.03. The Morgan fingerprint density at radius 2 is 1.59 bits per heavy atom. The lowest BCUT2D eigenvalue weighted by Gasteiger charge is -2.12. The standard InChI is InChI=1S/C20H17N5O2/c1-12-13(2)23-18-11-14(7-8-17(18)22-12)20(27)25-16-6-4-3-5-15(16)24-19(26)9-10-21/h3-8,11H,9H2,1-2H3,(H,24,26)(H,25,27). The molecule has 2 aromatic carbocycles. The van der Waals surface area contributed by atoms with Gasteiger partial charge in [-0.3, -0.25) is 9.59 Å². The Balaban J connectivity index is 1.86. The number of anilines is 2. The lowest BCUT2D eigenvalue weighted by Crippen LogP contribution is -2.16. The van der Waals surface area contributed by atoms with Crippen molar-refractivity contribution in [2.24, 2.45) is 0 Å². The molecular formula is C20H17N5O2. The molecule has 7 heteroatoms. The van der Waals surface area contributed by atoms with E-state index in [2.05, 4.69) is 20.6 Å². The van der Waals surface area contributed by atoms with Crippen LogP contribution >= 0.6 is 0 Å². The highest BCUT2D eigenvalue weighted by atomic mass is 16.2. The Morgan fingerprint density at radius 1 is 0.963 bits per heavy atom. The fourth-order valence-electron chi connectivity index (χ4n) is 2.53. The van der Waals surface area contributed by atoms with Gasteiger partial charge in [-0.25, -0.2) is 9.97 Å². The lowest BCUT2D eigenvalue weighted by atomic mass is 10.1. The van der Waals surface area contributed by atoms with Crippen LogP contribution in [-0.2, 0) is 4.79 Å². The molecule has 0 spiro atoms. The van der Waals surface area contributed by atoms with Crippen LogP contribution in [-0.4, -0.2) is 21.8 Å². The van der Waals surface area contributed by atoms with Crippen LogP contribution in [0.15, 0.2) is 42.5 Å². The second-order valence-electron chi connectivity index (χ2n) is 5.98. The molecule has 7 nitrogen and oxygen atoms in total. The molecule has 2 amide bonds. The van der Waals surface area contributed by atoms with Crippen molar-refractivity contribution in [3.63, 3.8) is 0 Å². The van der Waals surface area contributed by atoms with Crippen LogP contribution in [0.5, 0.6) is 0 Å². The maximum absolute atomic E-state index is 12.6. The van der Waals surface area contributed by atoms with Gasteiger partial charge in [0.25, 0.3) is 5.91 Å². The number of benzene rings is 2. The van der Waals surface area contributed by atoms with E-state index in [1.165, 1.54) is 0 Å². The van der Waals surface area contributed by atoms with Crippen molar-refractivity contribution in [3.8, 4) is 6.07 Å². The summed E-state index contributed by atoms with van der Waals surface area (Å²) in [5.74, 6) is -0.773. The molecule has 0 aliphatic heterocycles. The van der Waals surface area contributed by atoms with E-state index in [0.717, 1.165) is 16.9 Å². The van der Waals surface area contributed by atoms with Gasteiger partial charge in [0.05, 0.1) is 39.9 Å². The molecule has 1 aromatic heterocycles. The van der Waals surface area contributed by atoms with Gasteiger partial charge >= 0.3 is 0 Å². The Kier molecular flexibility index (Phi) is 5.08. The Bertz CT molecular complexity index is 1090. The van der Waals surface area contributed by atoms with E-state index in [4.69, 9.17) is 5.26 Å². The average molecular weight is 359 g/mol. The van der Waals surface area contributed by atoms with E-state index in [1.807, 2.05) is 13.8 Å². The molecule has 0 aliphatic rings. The fraction of sp³-hybridized carbons (Fsp3) is 0.150. The van der Waals surface area contributed by atoms with Gasteiger partial charge in [0, 0.05) is 5.56 Å². The molecule has 0 unspecified atom stereocenters. The average Bonchev–Trinajstić information content (AvgIpc) is 2.64. The molecule has 134 valence electrons. The number of fused-ring (bicyclic) bond motifs is 1. The van der Waals surface area contributed by atoms with Gasteiger partial charge in [-0.15, -0.1) is 0 Å². The monoisotopic (exact) mass is 359 g/mol. The second-order valence-corrected chi connectivity index (χ2v) is 5.98. The predicted octanol–water partition coefficient (Wildman–Crippen LogP) is 3.35. The van der Waals surface area contributed by atoms with Crippen molar-refractivity contribution in [3.05, 3.63) is 59.4 Å². The summed E-state index contributed by atoms with van der Waals surface area (Å²) in [4.78, 5) is 33.2. The molecule has 0 bridgehead atoms. The largest absolute Gasteiger partial charge is 0.323 e. The lowest BCUT2D eigenvalue weighted by molar-refractivity contribution is -0.115. The molecule has 0 saturated heterocycles. The first-order valence-electron chi connectivity index (χ1n) is 8.30. The number of hydrogen-bond donors (Lipinski definition) is 2. The summed E-state index contributed by atoms with van der Waals surface area (Å²) in [6, 6.07) is 13.7. The van der Waals surface area contributed by atoms with Gasteiger partial charge in [-0.1, -0.05) is 12.1 Å². The highest BCUT2D eigenvalue weighted by Crippen LogP contribution is 2.22. The minimum Gasteiger partial charge on any atom is -0.323 e. The van der Waals surface area contributed by atoms with E-state index >= 15 is 0 Å². The number of nitriles is 1. The van der Waals surface area contributed by atoms with Gasteiger partial charge < -0.3 is 10.6 Å². The first kappa shape index (κ1) is 18.0. The van der Waals surface area contributed by atoms with E-state index in [1.54, 1.807) is 48.5 Å². The number of hydrogen-bond acceptors (Lipinski definition) is 5. The van der Waals surface area contributed by atoms with Crippen molar-refractivity contribution in [1.29, 1.82) is 5.26 Å². The van der Waals surface area contributed by atoms with Crippen LogP contribution < -0.4 is 10.6 Å². The fourth-order valence-corrected chi connectivity index (χ4v) is 2.53. The van der Waals surface area contributed by atoms with Crippen molar-refractivity contribution in [2.45, 2.75) is 20.3 Å². The van der Waals surface area contributed by atoms with Crippen molar-refractivity contribution < 1.29 is 9.59 Å². The minimum atomic E-state index is -0.439. The minimum absolute atomic E-state index is 0.260. The van der Waals surface area contributed by atoms with E-state index in [-0.39, 0.29) is 12.3 Å². The maximum Gasteiger partial charge on any atom is 0.255 e. The van der Waals surface area contributed by atoms with Gasteiger partial charge in [0.15, 0.2) is 0 Å². The van der Waals surface area contributed by atoms with Crippen molar-refractivity contribution in [1.82, 2.24) is 9.97 Å². The number of nitrogens with zero attached hydrogens (tertiary/aromatic N) is 3.